The van der Waals surface area contributed by atoms with Gasteiger partial charge in [-0.3, -0.25) is 5.41 Å². The largest absolute Gasteiger partial charge is 0.390 e. The van der Waals surface area contributed by atoms with Crippen LogP contribution in [0.4, 0.5) is 5.69 Å². The summed E-state index contributed by atoms with van der Waals surface area (Å²) in [4.78, 5) is 2.22. The fraction of sp³-hybridized carbons (Fsp3) is 0.500. The molecule has 0 bridgehead atoms. The number of nitrogens with two attached hydrogens (primary N) is 1. The van der Waals surface area contributed by atoms with E-state index in [1.165, 1.54) is 0 Å². The van der Waals surface area contributed by atoms with Crippen LogP contribution >= 0.6 is 0 Å². The van der Waals surface area contributed by atoms with Crippen LogP contribution in [0.3, 0.4) is 0 Å². The highest BCUT2D eigenvalue weighted by atomic mass is 16.3. The summed E-state index contributed by atoms with van der Waals surface area (Å²) < 4.78 is 0. The van der Waals surface area contributed by atoms with Crippen molar-refractivity contribution in [2.75, 3.05) is 18.0 Å². The van der Waals surface area contributed by atoms with Crippen molar-refractivity contribution in [3.05, 3.63) is 29.8 Å². The predicted octanol–water partition coefficient (Wildman–Crippen LogP) is 1.71. The van der Waals surface area contributed by atoms with E-state index in [4.69, 9.17) is 11.1 Å². The number of nitrogens with zero attached hydrogens (tertiary/aromatic N) is 1. The van der Waals surface area contributed by atoms with Gasteiger partial charge in [-0.1, -0.05) is 12.1 Å². The number of anilines is 1. The zero-order valence-corrected chi connectivity index (χ0v) is 10.8. The number of rotatable bonds is 2. The fourth-order valence-electron chi connectivity index (χ4n) is 2.48. The Balaban J connectivity index is 2.24. The Morgan fingerprint density at radius 3 is 2.78 bits per heavy atom. The minimum Gasteiger partial charge on any atom is -0.390 e. The normalized spacial score (nSPS) is 24.7. The molecular weight excluding hydrogens is 226 g/mol. The molecule has 0 saturated carbocycles. The molecule has 1 fully saturated rings. The number of para-hydroxylation sites is 1. The molecule has 0 aliphatic carbocycles. The quantitative estimate of drug-likeness (QED) is 0.550. The maximum Gasteiger partial charge on any atom is 0.124 e. The van der Waals surface area contributed by atoms with Crippen LogP contribution in [-0.4, -0.2) is 29.6 Å². The van der Waals surface area contributed by atoms with Crippen LogP contribution < -0.4 is 10.6 Å². The molecule has 1 atom stereocenters. The predicted molar refractivity (Wildman–Crippen MR) is 74.1 cm³/mol. The van der Waals surface area contributed by atoms with Gasteiger partial charge in [0.2, 0.25) is 0 Å². The monoisotopic (exact) mass is 247 g/mol. The van der Waals surface area contributed by atoms with Crippen molar-refractivity contribution in [1.82, 2.24) is 0 Å². The molecule has 0 spiro atoms. The van der Waals surface area contributed by atoms with E-state index in [0.29, 0.717) is 0 Å². The van der Waals surface area contributed by atoms with Crippen LogP contribution in [0.5, 0.6) is 0 Å². The third kappa shape index (κ3) is 2.82. The molecule has 0 radical (unpaired) electrons. The minimum atomic E-state index is -0.570. The van der Waals surface area contributed by atoms with E-state index in [2.05, 4.69) is 4.90 Å². The Bertz CT molecular complexity index is 442. The molecule has 1 aliphatic rings. The number of hydrogen-bond donors (Lipinski definition) is 3. The first-order valence-electron chi connectivity index (χ1n) is 6.40. The van der Waals surface area contributed by atoms with E-state index in [9.17, 15) is 5.11 Å². The van der Waals surface area contributed by atoms with E-state index >= 15 is 0 Å². The summed E-state index contributed by atoms with van der Waals surface area (Å²) in [5.41, 5.74) is 6.83. The van der Waals surface area contributed by atoms with Crippen molar-refractivity contribution >= 4 is 11.5 Å². The molecule has 4 heteroatoms. The van der Waals surface area contributed by atoms with Gasteiger partial charge in [0.05, 0.1) is 5.60 Å². The van der Waals surface area contributed by atoms with Gasteiger partial charge in [-0.15, -0.1) is 0 Å². The summed E-state index contributed by atoms with van der Waals surface area (Å²) in [6.45, 7) is 3.60. The number of hydrogen-bond acceptors (Lipinski definition) is 3. The molecular formula is C14H21N3O. The van der Waals surface area contributed by atoms with E-state index in [1.807, 2.05) is 31.2 Å². The number of amidine groups is 1. The molecule has 98 valence electrons. The van der Waals surface area contributed by atoms with Crippen molar-refractivity contribution < 1.29 is 5.11 Å². The van der Waals surface area contributed by atoms with Crippen LogP contribution in [0.15, 0.2) is 24.3 Å². The van der Waals surface area contributed by atoms with Gasteiger partial charge in [0, 0.05) is 24.3 Å². The molecule has 18 heavy (non-hydrogen) atoms. The van der Waals surface area contributed by atoms with E-state index < -0.39 is 5.60 Å². The zero-order valence-electron chi connectivity index (χ0n) is 10.8. The molecule has 1 heterocycles. The summed E-state index contributed by atoms with van der Waals surface area (Å²) in [5, 5.41) is 17.7. The van der Waals surface area contributed by atoms with E-state index in [1.54, 1.807) is 0 Å². The number of nitrogen functional groups attached to an aromatic ring is 1. The van der Waals surface area contributed by atoms with Crippen LogP contribution in [-0.2, 0) is 0 Å². The Morgan fingerprint density at radius 1 is 1.33 bits per heavy atom. The summed E-state index contributed by atoms with van der Waals surface area (Å²) in [6.07, 6.45) is 2.53. The molecule has 1 aromatic rings. The highest BCUT2D eigenvalue weighted by Gasteiger charge is 2.25. The summed E-state index contributed by atoms with van der Waals surface area (Å²) in [5.74, 6) is 0.0987. The lowest BCUT2D eigenvalue weighted by Gasteiger charge is -2.26. The lowest BCUT2D eigenvalue weighted by Crippen LogP contribution is -2.29. The molecule has 4 N–H and O–H groups in total. The molecule has 4 nitrogen and oxygen atoms in total. The zero-order chi connectivity index (χ0) is 13.2. The van der Waals surface area contributed by atoms with Gasteiger partial charge in [0.15, 0.2) is 0 Å². The van der Waals surface area contributed by atoms with Crippen molar-refractivity contribution in [3.8, 4) is 0 Å². The van der Waals surface area contributed by atoms with Gasteiger partial charge in [0.25, 0.3) is 0 Å². The second-order valence-electron chi connectivity index (χ2n) is 5.27. The smallest absolute Gasteiger partial charge is 0.124 e. The molecule has 0 amide bonds. The Kier molecular flexibility index (Phi) is 3.57. The van der Waals surface area contributed by atoms with Gasteiger partial charge >= 0.3 is 0 Å². The molecule has 1 saturated heterocycles. The first-order chi connectivity index (χ1) is 8.49. The highest BCUT2D eigenvalue weighted by molar-refractivity contribution is 6.00. The molecule has 1 aromatic carbocycles. The molecule has 1 aliphatic heterocycles. The minimum absolute atomic E-state index is 0.0987. The number of nitrogens with one attached hydrogen (secondary N) is 1. The van der Waals surface area contributed by atoms with Gasteiger partial charge in [-0.25, -0.2) is 0 Å². The average Bonchev–Trinajstić information content (AvgIpc) is 2.50. The van der Waals surface area contributed by atoms with Gasteiger partial charge in [0.1, 0.15) is 5.84 Å². The second kappa shape index (κ2) is 4.98. The third-order valence-corrected chi connectivity index (χ3v) is 3.60. The molecule has 0 aromatic heterocycles. The number of aliphatic hydroxyl groups is 1. The summed E-state index contributed by atoms with van der Waals surface area (Å²) in [7, 11) is 0. The van der Waals surface area contributed by atoms with E-state index in [0.717, 1.165) is 43.6 Å². The van der Waals surface area contributed by atoms with Gasteiger partial charge in [-0.2, -0.15) is 0 Å². The fourth-order valence-corrected chi connectivity index (χ4v) is 2.48. The lowest BCUT2D eigenvalue weighted by molar-refractivity contribution is 0.0481. The van der Waals surface area contributed by atoms with Crippen LogP contribution in [0.1, 0.15) is 31.7 Å². The Morgan fingerprint density at radius 2 is 2.06 bits per heavy atom. The summed E-state index contributed by atoms with van der Waals surface area (Å²) >= 11 is 0. The van der Waals surface area contributed by atoms with Crippen molar-refractivity contribution in [2.45, 2.75) is 31.8 Å². The average molecular weight is 247 g/mol. The summed E-state index contributed by atoms with van der Waals surface area (Å²) in [6, 6.07) is 7.73. The molecule has 2 rings (SSSR count). The topological polar surface area (TPSA) is 73.3 Å². The third-order valence-electron chi connectivity index (χ3n) is 3.60. The van der Waals surface area contributed by atoms with Crippen LogP contribution in [0.2, 0.25) is 0 Å². The molecule has 1 unspecified atom stereocenters. The van der Waals surface area contributed by atoms with Gasteiger partial charge in [-0.05, 0) is 38.3 Å². The van der Waals surface area contributed by atoms with Crippen molar-refractivity contribution in [1.29, 1.82) is 5.41 Å². The first kappa shape index (κ1) is 12.9. The standard InChI is InChI=1S/C14H21N3O/c1-14(18)7-4-9-17(10-8-14)12-6-3-2-5-11(12)13(15)16/h2-3,5-6,18H,4,7-10H2,1H3,(H3,15,16). The second-order valence-corrected chi connectivity index (χ2v) is 5.27. The highest BCUT2D eigenvalue weighted by Crippen LogP contribution is 2.27. The van der Waals surface area contributed by atoms with Gasteiger partial charge < -0.3 is 15.7 Å². The van der Waals surface area contributed by atoms with E-state index in [-0.39, 0.29) is 5.84 Å². The maximum absolute atomic E-state index is 10.1. The Labute approximate surface area is 108 Å². The first-order valence-corrected chi connectivity index (χ1v) is 6.40. The van der Waals surface area contributed by atoms with Crippen molar-refractivity contribution in [3.63, 3.8) is 0 Å². The maximum atomic E-state index is 10.1. The van der Waals surface area contributed by atoms with Crippen LogP contribution in [0, 0.1) is 5.41 Å². The van der Waals surface area contributed by atoms with Crippen LogP contribution in [0.25, 0.3) is 0 Å². The lowest BCUT2D eigenvalue weighted by atomic mass is 9.98. The number of benzene rings is 1. The van der Waals surface area contributed by atoms with Crippen molar-refractivity contribution in [2.24, 2.45) is 5.73 Å². The SMILES string of the molecule is CC1(O)CCCN(c2ccccc2C(=N)N)CC1. The Hall–Kier alpha value is -1.55.